The highest BCUT2D eigenvalue weighted by atomic mass is 16.6. The number of hydrogen-bond donors (Lipinski definition) is 0. The Balaban J connectivity index is 4.38. The van der Waals surface area contributed by atoms with Gasteiger partial charge in [0.1, 0.15) is 13.2 Å². The summed E-state index contributed by atoms with van der Waals surface area (Å²) in [6.07, 6.45) is 77.8. The van der Waals surface area contributed by atoms with Gasteiger partial charge in [-0.2, -0.15) is 0 Å². The molecule has 424 valence electrons. The van der Waals surface area contributed by atoms with E-state index in [9.17, 15) is 14.4 Å². The van der Waals surface area contributed by atoms with E-state index in [-0.39, 0.29) is 31.1 Å². The molecular weight excluding hydrogens is 901 g/mol. The summed E-state index contributed by atoms with van der Waals surface area (Å²) in [6.45, 7) is 6.62. The lowest BCUT2D eigenvalue weighted by Crippen LogP contribution is -2.30. The molecule has 0 saturated carbocycles. The number of rotatable bonds is 58. The monoisotopic (exact) mass is 1020 g/mol. The van der Waals surface area contributed by atoms with E-state index in [1.54, 1.807) is 0 Å². The van der Waals surface area contributed by atoms with Crippen molar-refractivity contribution in [3.8, 4) is 0 Å². The fourth-order valence-corrected chi connectivity index (χ4v) is 9.19. The number of carbonyl (C=O) groups is 3. The average Bonchev–Trinajstić information content (AvgIpc) is 3.39. The molecule has 6 heteroatoms. The molecular formula is C67H120O6. The summed E-state index contributed by atoms with van der Waals surface area (Å²) in [5.74, 6) is -0.876. The maximum Gasteiger partial charge on any atom is 0.306 e. The van der Waals surface area contributed by atoms with E-state index < -0.39 is 6.10 Å². The second-order valence-corrected chi connectivity index (χ2v) is 21.3. The van der Waals surface area contributed by atoms with Crippen LogP contribution < -0.4 is 0 Å². The Morgan fingerprint density at radius 1 is 0.274 bits per heavy atom. The largest absolute Gasteiger partial charge is 0.462 e. The summed E-state index contributed by atoms with van der Waals surface area (Å²) in [5.41, 5.74) is 0. The van der Waals surface area contributed by atoms with Crippen molar-refractivity contribution in [3.63, 3.8) is 0 Å². The molecule has 0 saturated heterocycles. The van der Waals surface area contributed by atoms with Crippen molar-refractivity contribution in [1.29, 1.82) is 0 Å². The van der Waals surface area contributed by atoms with Gasteiger partial charge in [0.15, 0.2) is 6.10 Å². The Hall–Kier alpha value is -2.89. The molecule has 73 heavy (non-hydrogen) atoms. The van der Waals surface area contributed by atoms with Crippen molar-refractivity contribution in [2.45, 2.75) is 335 Å². The van der Waals surface area contributed by atoms with Gasteiger partial charge in [0.2, 0.25) is 0 Å². The minimum Gasteiger partial charge on any atom is -0.462 e. The summed E-state index contributed by atoms with van der Waals surface area (Å²) in [7, 11) is 0. The third-order valence-electron chi connectivity index (χ3n) is 14.0. The number of carbonyl (C=O) groups excluding carboxylic acids is 3. The lowest BCUT2D eigenvalue weighted by Gasteiger charge is -2.18. The van der Waals surface area contributed by atoms with Gasteiger partial charge in [-0.05, 0) is 89.9 Å². The molecule has 0 aliphatic heterocycles. The van der Waals surface area contributed by atoms with Gasteiger partial charge in [0.05, 0.1) is 0 Å². The number of hydrogen-bond acceptors (Lipinski definition) is 6. The van der Waals surface area contributed by atoms with E-state index in [2.05, 4.69) is 81.5 Å². The SMILES string of the molecule is CCCCC/C=C\C/C=C\C/C=C\CCCCCCCCC(=O)OCC(COC(=O)CCCCCCCCCCCCCCCCCCC)OC(=O)CCCCCCCCCCC/C=C\C/C=C\CCCCC. The predicted molar refractivity (Wildman–Crippen MR) is 316 cm³/mol. The Morgan fingerprint density at radius 3 is 0.795 bits per heavy atom. The molecule has 0 aromatic rings. The van der Waals surface area contributed by atoms with Crippen LogP contribution in [0.3, 0.4) is 0 Å². The lowest BCUT2D eigenvalue weighted by atomic mass is 10.0. The van der Waals surface area contributed by atoms with Crippen LogP contribution >= 0.6 is 0 Å². The molecule has 0 rings (SSSR count). The minimum atomic E-state index is -0.782. The van der Waals surface area contributed by atoms with E-state index >= 15 is 0 Å². The summed E-state index contributed by atoms with van der Waals surface area (Å²) in [5, 5.41) is 0. The molecule has 0 aromatic heterocycles. The van der Waals surface area contributed by atoms with Crippen molar-refractivity contribution in [2.24, 2.45) is 0 Å². The lowest BCUT2D eigenvalue weighted by molar-refractivity contribution is -0.167. The number of esters is 3. The highest BCUT2D eigenvalue weighted by Gasteiger charge is 2.19. The third kappa shape index (κ3) is 59.9. The molecule has 1 unspecified atom stereocenters. The number of allylic oxidation sites excluding steroid dienone is 10. The molecule has 6 nitrogen and oxygen atoms in total. The first-order chi connectivity index (χ1) is 36.0. The van der Waals surface area contributed by atoms with Crippen LogP contribution in [0.5, 0.6) is 0 Å². The molecule has 0 heterocycles. The standard InChI is InChI=1S/C67H120O6/c1-4-7-10-13-16-19-22-25-28-31-33-36-39-42-45-48-51-54-57-60-66(69)72-63-64(62-71-65(68)59-56-53-50-47-44-41-38-35-30-27-24-21-18-15-12-9-6-3)73-67(70)61-58-55-52-49-46-43-40-37-34-32-29-26-23-20-17-14-11-8-5-2/h16-17,19-20,25-26,28-29,33,36,64H,4-15,18,21-24,27,30-32,34-35,37-63H2,1-3H3/b19-16-,20-17-,28-25-,29-26-,36-33-. The van der Waals surface area contributed by atoms with E-state index in [4.69, 9.17) is 14.2 Å². The van der Waals surface area contributed by atoms with E-state index in [0.717, 1.165) is 83.5 Å². The van der Waals surface area contributed by atoms with Crippen LogP contribution in [0, 0.1) is 0 Å². The molecule has 0 aliphatic rings. The second kappa shape index (κ2) is 61.7. The van der Waals surface area contributed by atoms with E-state index in [1.165, 1.54) is 205 Å². The topological polar surface area (TPSA) is 78.9 Å². The Labute approximate surface area is 453 Å². The highest BCUT2D eigenvalue weighted by molar-refractivity contribution is 5.71. The van der Waals surface area contributed by atoms with Crippen LogP contribution in [0.1, 0.15) is 329 Å². The van der Waals surface area contributed by atoms with Crippen LogP contribution in [0.25, 0.3) is 0 Å². The first kappa shape index (κ1) is 70.1. The second-order valence-electron chi connectivity index (χ2n) is 21.3. The van der Waals surface area contributed by atoms with Crippen molar-refractivity contribution in [3.05, 3.63) is 60.8 Å². The van der Waals surface area contributed by atoms with Gasteiger partial charge in [-0.15, -0.1) is 0 Å². The summed E-state index contributed by atoms with van der Waals surface area (Å²) in [6, 6.07) is 0. The van der Waals surface area contributed by atoms with E-state index in [1.807, 2.05) is 0 Å². The molecule has 0 aromatic carbocycles. The first-order valence-corrected chi connectivity index (χ1v) is 31.8. The van der Waals surface area contributed by atoms with Crippen molar-refractivity contribution in [2.75, 3.05) is 13.2 Å². The van der Waals surface area contributed by atoms with Gasteiger partial charge in [0.25, 0.3) is 0 Å². The Morgan fingerprint density at radius 2 is 0.493 bits per heavy atom. The van der Waals surface area contributed by atoms with E-state index in [0.29, 0.717) is 19.3 Å². The van der Waals surface area contributed by atoms with Crippen LogP contribution in [-0.4, -0.2) is 37.2 Å². The molecule has 0 bridgehead atoms. The van der Waals surface area contributed by atoms with Crippen LogP contribution in [0.4, 0.5) is 0 Å². The van der Waals surface area contributed by atoms with Gasteiger partial charge in [-0.1, -0.05) is 281 Å². The Kier molecular flexibility index (Phi) is 59.2. The summed E-state index contributed by atoms with van der Waals surface area (Å²) in [4.78, 5) is 38.3. The number of unbranched alkanes of at least 4 members (excludes halogenated alkanes) is 37. The third-order valence-corrected chi connectivity index (χ3v) is 14.0. The molecule has 0 N–H and O–H groups in total. The zero-order valence-electron chi connectivity index (χ0n) is 48.7. The smallest absolute Gasteiger partial charge is 0.306 e. The summed E-state index contributed by atoms with van der Waals surface area (Å²) >= 11 is 0. The zero-order chi connectivity index (χ0) is 52.9. The molecule has 0 fully saturated rings. The normalized spacial score (nSPS) is 12.4. The maximum absolute atomic E-state index is 12.9. The molecule has 0 radical (unpaired) electrons. The van der Waals surface area contributed by atoms with Crippen LogP contribution in [0.15, 0.2) is 60.8 Å². The minimum absolute atomic E-state index is 0.0770. The fourth-order valence-electron chi connectivity index (χ4n) is 9.19. The predicted octanol–water partition coefficient (Wildman–Crippen LogP) is 21.6. The van der Waals surface area contributed by atoms with Gasteiger partial charge in [-0.3, -0.25) is 14.4 Å². The van der Waals surface area contributed by atoms with Crippen molar-refractivity contribution >= 4 is 17.9 Å². The van der Waals surface area contributed by atoms with Gasteiger partial charge >= 0.3 is 17.9 Å². The van der Waals surface area contributed by atoms with Crippen molar-refractivity contribution in [1.82, 2.24) is 0 Å². The first-order valence-electron chi connectivity index (χ1n) is 31.8. The average molecular weight is 1020 g/mol. The van der Waals surface area contributed by atoms with Gasteiger partial charge in [0, 0.05) is 19.3 Å². The molecule has 0 aliphatic carbocycles. The van der Waals surface area contributed by atoms with Crippen LogP contribution in [0.2, 0.25) is 0 Å². The van der Waals surface area contributed by atoms with Gasteiger partial charge < -0.3 is 14.2 Å². The Bertz CT molecular complexity index is 1310. The number of ether oxygens (including phenoxy) is 3. The molecule has 1 atom stereocenters. The zero-order valence-corrected chi connectivity index (χ0v) is 48.7. The van der Waals surface area contributed by atoms with Crippen molar-refractivity contribution < 1.29 is 28.6 Å². The quantitative estimate of drug-likeness (QED) is 0.0261. The van der Waals surface area contributed by atoms with Crippen LogP contribution in [-0.2, 0) is 28.6 Å². The molecule has 0 spiro atoms. The highest BCUT2D eigenvalue weighted by Crippen LogP contribution is 2.17. The fraction of sp³-hybridized carbons (Fsp3) is 0.806. The molecule has 0 amide bonds. The van der Waals surface area contributed by atoms with Gasteiger partial charge in [-0.25, -0.2) is 0 Å². The maximum atomic E-state index is 12.9. The summed E-state index contributed by atoms with van der Waals surface area (Å²) < 4.78 is 16.9.